The van der Waals surface area contributed by atoms with Gasteiger partial charge in [-0.25, -0.2) is 0 Å². The van der Waals surface area contributed by atoms with Crippen LogP contribution in [0, 0.1) is 6.92 Å². The number of ether oxygens (including phenoxy) is 1. The summed E-state index contributed by atoms with van der Waals surface area (Å²) in [6.45, 7) is 2.75. The van der Waals surface area contributed by atoms with E-state index >= 15 is 0 Å². The second-order valence-corrected chi connectivity index (χ2v) is 6.38. The first-order valence-electron chi connectivity index (χ1n) is 8.39. The Labute approximate surface area is 143 Å². The van der Waals surface area contributed by atoms with E-state index in [-0.39, 0.29) is 11.9 Å². The minimum atomic E-state index is 0.0807. The SMILES string of the molecule is COc1ccccc1CC1CCCN1C(=O)c1cc(N)ccc1C. The van der Waals surface area contributed by atoms with Gasteiger partial charge in [0.1, 0.15) is 5.75 Å². The Balaban J connectivity index is 1.82. The maximum Gasteiger partial charge on any atom is 0.254 e. The average molecular weight is 324 g/mol. The van der Waals surface area contributed by atoms with E-state index in [4.69, 9.17) is 10.5 Å². The number of aryl methyl sites for hydroxylation is 1. The molecule has 4 nitrogen and oxygen atoms in total. The first-order chi connectivity index (χ1) is 11.6. The fourth-order valence-electron chi connectivity index (χ4n) is 3.47. The van der Waals surface area contributed by atoms with Gasteiger partial charge < -0.3 is 15.4 Å². The Bertz CT molecular complexity index is 742. The third-order valence-corrected chi connectivity index (χ3v) is 4.78. The monoisotopic (exact) mass is 324 g/mol. The van der Waals surface area contributed by atoms with Crippen LogP contribution < -0.4 is 10.5 Å². The van der Waals surface area contributed by atoms with E-state index in [9.17, 15) is 4.79 Å². The maximum absolute atomic E-state index is 13.0. The second kappa shape index (κ2) is 6.95. The summed E-state index contributed by atoms with van der Waals surface area (Å²) >= 11 is 0. The average Bonchev–Trinajstić information content (AvgIpc) is 3.05. The number of carbonyl (C=O) groups excluding carboxylic acids is 1. The molecule has 2 aromatic carbocycles. The number of para-hydroxylation sites is 1. The number of amides is 1. The molecule has 1 atom stereocenters. The molecule has 1 aliphatic rings. The van der Waals surface area contributed by atoms with Crippen LogP contribution >= 0.6 is 0 Å². The molecule has 4 heteroatoms. The molecule has 1 unspecified atom stereocenters. The number of nitrogens with two attached hydrogens (primary N) is 1. The third kappa shape index (κ3) is 3.23. The van der Waals surface area contributed by atoms with Crippen LogP contribution in [0.5, 0.6) is 5.75 Å². The minimum absolute atomic E-state index is 0.0807. The lowest BCUT2D eigenvalue weighted by atomic mass is 10.0. The number of hydrogen-bond acceptors (Lipinski definition) is 3. The quantitative estimate of drug-likeness (QED) is 0.877. The lowest BCUT2D eigenvalue weighted by Gasteiger charge is -2.26. The highest BCUT2D eigenvalue weighted by molar-refractivity contribution is 5.96. The summed E-state index contributed by atoms with van der Waals surface area (Å²) in [6.07, 6.45) is 2.87. The van der Waals surface area contributed by atoms with E-state index in [2.05, 4.69) is 6.07 Å². The number of methoxy groups -OCH3 is 1. The fraction of sp³-hybridized carbons (Fsp3) is 0.350. The predicted molar refractivity (Wildman–Crippen MR) is 96.3 cm³/mol. The molecule has 0 aromatic heterocycles. The van der Waals surface area contributed by atoms with Crippen molar-refractivity contribution in [2.75, 3.05) is 19.4 Å². The van der Waals surface area contributed by atoms with Gasteiger partial charge in [-0.05, 0) is 55.5 Å². The molecule has 2 aromatic rings. The first kappa shape index (κ1) is 16.4. The maximum atomic E-state index is 13.0. The highest BCUT2D eigenvalue weighted by Gasteiger charge is 2.30. The smallest absolute Gasteiger partial charge is 0.254 e. The van der Waals surface area contributed by atoms with Crippen molar-refractivity contribution in [1.29, 1.82) is 0 Å². The molecule has 1 heterocycles. The Morgan fingerprint density at radius 2 is 2.08 bits per heavy atom. The van der Waals surface area contributed by atoms with Crippen molar-refractivity contribution in [1.82, 2.24) is 4.90 Å². The summed E-state index contributed by atoms with van der Waals surface area (Å²) in [5.41, 5.74) is 9.33. The Morgan fingerprint density at radius 3 is 2.88 bits per heavy atom. The van der Waals surface area contributed by atoms with Crippen LogP contribution in [0.4, 0.5) is 5.69 Å². The van der Waals surface area contributed by atoms with Gasteiger partial charge in [0.15, 0.2) is 0 Å². The molecule has 1 amide bonds. The summed E-state index contributed by atoms with van der Waals surface area (Å²) in [5.74, 6) is 0.967. The largest absolute Gasteiger partial charge is 0.496 e. The lowest BCUT2D eigenvalue weighted by molar-refractivity contribution is 0.0735. The Morgan fingerprint density at radius 1 is 1.29 bits per heavy atom. The Hall–Kier alpha value is -2.49. The van der Waals surface area contributed by atoms with Crippen LogP contribution in [0.1, 0.15) is 34.3 Å². The molecule has 0 radical (unpaired) electrons. The number of anilines is 1. The van der Waals surface area contributed by atoms with Crippen molar-refractivity contribution in [3.8, 4) is 5.75 Å². The van der Waals surface area contributed by atoms with Gasteiger partial charge in [-0.3, -0.25) is 4.79 Å². The van der Waals surface area contributed by atoms with Gasteiger partial charge in [-0.2, -0.15) is 0 Å². The number of nitrogens with zero attached hydrogens (tertiary/aromatic N) is 1. The van der Waals surface area contributed by atoms with E-state index in [1.807, 2.05) is 42.2 Å². The number of rotatable bonds is 4. The van der Waals surface area contributed by atoms with Crippen LogP contribution in [-0.4, -0.2) is 30.5 Å². The molecule has 2 N–H and O–H groups in total. The van der Waals surface area contributed by atoms with Crippen LogP contribution in [-0.2, 0) is 6.42 Å². The fourth-order valence-corrected chi connectivity index (χ4v) is 3.47. The molecule has 0 bridgehead atoms. The van der Waals surface area contributed by atoms with Crippen molar-refractivity contribution in [2.24, 2.45) is 0 Å². The second-order valence-electron chi connectivity index (χ2n) is 6.38. The number of benzene rings is 2. The zero-order chi connectivity index (χ0) is 17.1. The van der Waals surface area contributed by atoms with E-state index in [1.54, 1.807) is 13.2 Å². The summed E-state index contributed by atoms with van der Waals surface area (Å²) in [4.78, 5) is 15.0. The molecule has 126 valence electrons. The van der Waals surface area contributed by atoms with Crippen LogP contribution in [0.15, 0.2) is 42.5 Å². The van der Waals surface area contributed by atoms with Crippen molar-refractivity contribution in [2.45, 2.75) is 32.2 Å². The van der Waals surface area contributed by atoms with Gasteiger partial charge in [-0.15, -0.1) is 0 Å². The number of hydrogen-bond donors (Lipinski definition) is 1. The zero-order valence-electron chi connectivity index (χ0n) is 14.3. The van der Waals surface area contributed by atoms with Crippen LogP contribution in [0.25, 0.3) is 0 Å². The summed E-state index contributed by atoms with van der Waals surface area (Å²) in [7, 11) is 1.69. The molecule has 1 saturated heterocycles. The van der Waals surface area contributed by atoms with Gasteiger partial charge in [0.05, 0.1) is 7.11 Å². The van der Waals surface area contributed by atoms with Crippen LogP contribution in [0.2, 0.25) is 0 Å². The van der Waals surface area contributed by atoms with Gasteiger partial charge in [0.2, 0.25) is 0 Å². The summed E-state index contributed by atoms with van der Waals surface area (Å²) in [5, 5.41) is 0. The summed E-state index contributed by atoms with van der Waals surface area (Å²) < 4.78 is 5.45. The molecule has 24 heavy (non-hydrogen) atoms. The standard InChI is InChI=1S/C20H24N2O2/c1-14-9-10-16(21)13-18(14)20(23)22-11-5-7-17(22)12-15-6-3-4-8-19(15)24-2/h3-4,6,8-10,13,17H,5,7,11-12,21H2,1-2H3. The normalized spacial score (nSPS) is 17.1. The minimum Gasteiger partial charge on any atom is -0.496 e. The number of likely N-dealkylation sites (tertiary alicyclic amines) is 1. The first-order valence-corrected chi connectivity index (χ1v) is 8.39. The van der Waals surface area contributed by atoms with Crippen LogP contribution in [0.3, 0.4) is 0 Å². The van der Waals surface area contributed by atoms with Gasteiger partial charge in [0.25, 0.3) is 5.91 Å². The molecular formula is C20H24N2O2. The van der Waals surface area contributed by atoms with E-state index in [0.717, 1.165) is 42.7 Å². The molecule has 1 aliphatic heterocycles. The molecular weight excluding hydrogens is 300 g/mol. The number of carbonyl (C=O) groups is 1. The predicted octanol–water partition coefficient (Wildman–Crippen LogP) is 3.43. The van der Waals surface area contributed by atoms with Crippen molar-refractivity contribution < 1.29 is 9.53 Å². The van der Waals surface area contributed by atoms with Gasteiger partial charge in [0, 0.05) is 23.8 Å². The van der Waals surface area contributed by atoms with Crippen molar-refractivity contribution in [3.63, 3.8) is 0 Å². The third-order valence-electron chi connectivity index (χ3n) is 4.78. The highest BCUT2D eigenvalue weighted by Crippen LogP contribution is 2.28. The molecule has 0 saturated carbocycles. The summed E-state index contributed by atoms with van der Waals surface area (Å²) in [6, 6.07) is 13.8. The van der Waals surface area contributed by atoms with E-state index in [1.165, 1.54) is 0 Å². The Kier molecular flexibility index (Phi) is 4.74. The molecule has 1 fully saturated rings. The zero-order valence-corrected chi connectivity index (χ0v) is 14.3. The lowest BCUT2D eigenvalue weighted by Crippen LogP contribution is -2.37. The molecule has 0 spiro atoms. The van der Waals surface area contributed by atoms with E-state index < -0.39 is 0 Å². The topological polar surface area (TPSA) is 55.6 Å². The van der Waals surface area contributed by atoms with Gasteiger partial charge >= 0.3 is 0 Å². The van der Waals surface area contributed by atoms with Crippen molar-refractivity contribution in [3.05, 3.63) is 59.2 Å². The van der Waals surface area contributed by atoms with E-state index in [0.29, 0.717) is 11.3 Å². The molecule has 0 aliphatic carbocycles. The molecule has 3 rings (SSSR count). The van der Waals surface area contributed by atoms with Gasteiger partial charge in [-0.1, -0.05) is 24.3 Å². The highest BCUT2D eigenvalue weighted by atomic mass is 16.5. The number of nitrogen functional groups attached to an aromatic ring is 1. The van der Waals surface area contributed by atoms with Crippen molar-refractivity contribution >= 4 is 11.6 Å².